The summed E-state index contributed by atoms with van der Waals surface area (Å²) in [6, 6.07) is 10.0. The highest BCUT2D eigenvalue weighted by atomic mass is 32.2. The number of hydrogen-bond acceptors (Lipinski definition) is 4. The van der Waals surface area contributed by atoms with Gasteiger partial charge in [0.05, 0.1) is 5.25 Å². The first-order chi connectivity index (χ1) is 11.6. The van der Waals surface area contributed by atoms with Gasteiger partial charge >= 0.3 is 0 Å². The molecule has 1 fully saturated rings. The lowest BCUT2D eigenvalue weighted by Gasteiger charge is -2.25. The van der Waals surface area contributed by atoms with Gasteiger partial charge in [-0.3, -0.25) is 4.79 Å². The molecule has 1 aliphatic carbocycles. The molecular weight excluding hydrogens is 320 g/mol. The van der Waals surface area contributed by atoms with E-state index in [4.69, 9.17) is 0 Å². The maximum atomic E-state index is 12.4. The van der Waals surface area contributed by atoms with Crippen molar-refractivity contribution in [3.05, 3.63) is 36.2 Å². The van der Waals surface area contributed by atoms with Gasteiger partial charge < -0.3 is 9.88 Å². The second-order valence-corrected chi connectivity index (χ2v) is 7.61. The number of aromatic nitrogens is 3. The fourth-order valence-electron chi connectivity index (χ4n) is 3.17. The average molecular weight is 344 g/mol. The summed E-state index contributed by atoms with van der Waals surface area (Å²) >= 11 is 1.49. The Morgan fingerprint density at radius 3 is 2.62 bits per heavy atom. The first kappa shape index (κ1) is 17.0. The van der Waals surface area contributed by atoms with Gasteiger partial charge in [0.2, 0.25) is 5.91 Å². The fraction of sp³-hybridized carbons (Fsp3) is 0.500. The number of benzene rings is 1. The Kier molecular flexibility index (Phi) is 5.56. The molecule has 1 aliphatic rings. The van der Waals surface area contributed by atoms with Crippen LogP contribution >= 0.6 is 11.8 Å². The molecule has 1 aromatic carbocycles. The molecule has 1 atom stereocenters. The fourth-order valence-corrected chi connectivity index (χ4v) is 4.13. The van der Waals surface area contributed by atoms with Gasteiger partial charge in [0.1, 0.15) is 5.82 Å². The summed E-state index contributed by atoms with van der Waals surface area (Å²) in [6.07, 6.45) is 6.19. The molecule has 128 valence electrons. The van der Waals surface area contributed by atoms with Gasteiger partial charge in [-0.05, 0) is 38.8 Å². The number of anilines is 1. The topological polar surface area (TPSA) is 59.8 Å². The Morgan fingerprint density at radius 2 is 1.92 bits per heavy atom. The van der Waals surface area contributed by atoms with Crippen LogP contribution in [-0.4, -0.2) is 25.9 Å². The molecule has 0 saturated heterocycles. The van der Waals surface area contributed by atoms with Gasteiger partial charge in [-0.2, -0.15) is 0 Å². The minimum atomic E-state index is -0.226. The van der Waals surface area contributed by atoms with E-state index in [0.29, 0.717) is 6.04 Å². The van der Waals surface area contributed by atoms with Crippen LogP contribution in [0.4, 0.5) is 5.69 Å². The standard InChI is InChI=1S/C18H24N4OS/c1-13(17(23)19-15-9-5-3-6-10-15)24-18-21-20-14(2)22(18)16-11-7-4-8-12-16/h3,5-6,9-10,13,16H,4,7-8,11-12H2,1-2H3,(H,19,23). The summed E-state index contributed by atoms with van der Waals surface area (Å²) in [5.74, 6) is 0.933. The van der Waals surface area contributed by atoms with E-state index in [1.165, 1.54) is 43.9 Å². The first-order valence-corrected chi connectivity index (χ1v) is 9.47. The second-order valence-electron chi connectivity index (χ2n) is 6.31. The van der Waals surface area contributed by atoms with E-state index < -0.39 is 0 Å². The molecule has 5 nitrogen and oxygen atoms in total. The van der Waals surface area contributed by atoms with E-state index in [0.717, 1.165) is 16.7 Å². The SMILES string of the molecule is Cc1nnc(SC(C)C(=O)Nc2ccccc2)n1C1CCCCC1. The van der Waals surface area contributed by atoms with Crippen LogP contribution in [0.3, 0.4) is 0 Å². The van der Waals surface area contributed by atoms with Gasteiger partial charge in [-0.15, -0.1) is 10.2 Å². The number of hydrogen-bond donors (Lipinski definition) is 1. The molecule has 0 spiro atoms. The van der Waals surface area contributed by atoms with Crippen LogP contribution in [0.25, 0.3) is 0 Å². The number of nitrogens with zero attached hydrogens (tertiary/aromatic N) is 3. The van der Waals surface area contributed by atoms with Crippen LogP contribution in [-0.2, 0) is 4.79 Å². The van der Waals surface area contributed by atoms with Crippen LogP contribution in [0.1, 0.15) is 50.9 Å². The average Bonchev–Trinajstić information content (AvgIpc) is 2.97. The lowest BCUT2D eigenvalue weighted by atomic mass is 9.95. The molecule has 1 unspecified atom stereocenters. The normalized spacial score (nSPS) is 16.8. The zero-order chi connectivity index (χ0) is 16.9. The number of thioether (sulfide) groups is 1. The van der Waals surface area contributed by atoms with Crippen molar-refractivity contribution in [1.82, 2.24) is 14.8 Å². The zero-order valence-corrected chi connectivity index (χ0v) is 15.1. The minimum absolute atomic E-state index is 0.0120. The molecule has 2 aromatic rings. The van der Waals surface area contributed by atoms with Gasteiger partial charge in [0.15, 0.2) is 5.16 Å². The third kappa shape index (κ3) is 3.98. The van der Waals surface area contributed by atoms with E-state index in [1.807, 2.05) is 44.2 Å². The first-order valence-electron chi connectivity index (χ1n) is 8.59. The predicted molar refractivity (Wildman–Crippen MR) is 97.3 cm³/mol. The molecule has 3 rings (SSSR count). The molecule has 1 saturated carbocycles. The Balaban J connectivity index is 1.68. The van der Waals surface area contributed by atoms with Crippen molar-refractivity contribution < 1.29 is 4.79 Å². The number of carbonyl (C=O) groups excluding carboxylic acids is 1. The quantitative estimate of drug-likeness (QED) is 0.825. The molecule has 1 heterocycles. The molecule has 24 heavy (non-hydrogen) atoms. The van der Waals surface area contributed by atoms with E-state index in [-0.39, 0.29) is 11.2 Å². The highest BCUT2D eigenvalue weighted by Crippen LogP contribution is 2.33. The number of carbonyl (C=O) groups is 1. The van der Waals surface area contributed by atoms with Gasteiger partial charge in [0.25, 0.3) is 0 Å². The number of amides is 1. The molecule has 1 amide bonds. The monoisotopic (exact) mass is 344 g/mol. The van der Waals surface area contributed by atoms with Crippen LogP contribution < -0.4 is 5.32 Å². The van der Waals surface area contributed by atoms with E-state index in [2.05, 4.69) is 20.1 Å². The number of rotatable bonds is 5. The van der Waals surface area contributed by atoms with Crippen LogP contribution in [0.5, 0.6) is 0 Å². The summed E-state index contributed by atoms with van der Waals surface area (Å²) in [4.78, 5) is 12.4. The molecular formula is C18H24N4OS. The summed E-state index contributed by atoms with van der Waals surface area (Å²) in [7, 11) is 0. The third-order valence-corrected chi connectivity index (χ3v) is 5.52. The smallest absolute Gasteiger partial charge is 0.237 e. The van der Waals surface area contributed by atoms with Crippen molar-refractivity contribution in [2.24, 2.45) is 0 Å². The minimum Gasteiger partial charge on any atom is -0.325 e. The Labute approximate surface area is 147 Å². The van der Waals surface area contributed by atoms with Crippen LogP contribution in [0.2, 0.25) is 0 Å². The number of nitrogens with one attached hydrogen (secondary N) is 1. The summed E-state index contributed by atoms with van der Waals surface area (Å²) in [6.45, 7) is 3.92. The maximum Gasteiger partial charge on any atom is 0.237 e. The van der Waals surface area contributed by atoms with Crippen molar-refractivity contribution in [1.29, 1.82) is 0 Å². The largest absolute Gasteiger partial charge is 0.325 e. The summed E-state index contributed by atoms with van der Waals surface area (Å²) in [5.41, 5.74) is 0.819. The van der Waals surface area contributed by atoms with E-state index in [1.54, 1.807) is 0 Å². The molecule has 1 aromatic heterocycles. The van der Waals surface area contributed by atoms with E-state index in [9.17, 15) is 4.79 Å². The van der Waals surface area contributed by atoms with Crippen molar-refractivity contribution in [3.63, 3.8) is 0 Å². The van der Waals surface area contributed by atoms with Crippen molar-refractivity contribution in [2.75, 3.05) is 5.32 Å². The Bertz CT molecular complexity index is 680. The highest BCUT2D eigenvalue weighted by molar-refractivity contribution is 8.00. The Morgan fingerprint density at radius 1 is 1.21 bits per heavy atom. The Hall–Kier alpha value is -1.82. The lowest BCUT2D eigenvalue weighted by Crippen LogP contribution is -2.23. The van der Waals surface area contributed by atoms with Crippen molar-refractivity contribution in [2.45, 2.75) is 62.4 Å². The van der Waals surface area contributed by atoms with Crippen molar-refractivity contribution >= 4 is 23.4 Å². The second kappa shape index (κ2) is 7.83. The molecule has 6 heteroatoms. The molecule has 1 N–H and O–H groups in total. The zero-order valence-electron chi connectivity index (χ0n) is 14.2. The van der Waals surface area contributed by atoms with Crippen LogP contribution in [0.15, 0.2) is 35.5 Å². The van der Waals surface area contributed by atoms with Gasteiger partial charge in [0, 0.05) is 11.7 Å². The number of para-hydroxylation sites is 1. The van der Waals surface area contributed by atoms with Crippen LogP contribution in [0, 0.1) is 6.92 Å². The molecule has 0 aliphatic heterocycles. The summed E-state index contributed by atoms with van der Waals surface area (Å²) < 4.78 is 2.23. The predicted octanol–water partition coefficient (Wildman–Crippen LogP) is 4.21. The van der Waals surface area contributed by atoms with E-state index >= 15 is 0 Å². The molecule has 0 radical (unpaired) electrons. The lowest BCUT2D eigenvalue weighted by molar-refractivity contribution is -0.115. The molecule has 0 bridgehead atoms. The third-order valence-electron chi connectivity index (χ3n) is 4.47. The van der Waals surface area contributed by atoms with Gasteiger partial charge in [-0.1, -0.05) is 49.2 Å². The summed E-state index contributed by atoms with van der Waals surface area (Å²) in [5, 5.41) is 12.1. The maximum absolute atomic E-state index is 12.4. The van der Waals surface area contributed by atoms with Crippen molar-refractivity contribution in [3.8, 4) is 0 Å². The highest BCUT2D eigenvalue weighted by Gasteiger charge is 2.24. The van der Waals surface area contributed by atoms with Gasteiger partial charge in [-0.25, -0.2) is 0 Å². The number of aryl methyl sites for hydroxylation is 1.